The Morgan fingerprint density at radius 1 is 0.361 bits per heavy atom. The number of hydrogen-bond donors (Lipinski definition) is 9. The summed E-state index contributed by atoms with van der Waals surface area (Å²) in [4.78, 5) is 13.4. The monoisotopic (exact) mass is 1380 g/mol. The molecule has 0 radical (unpaired) electrons. The highest BCUT2D eigenvalue weighted by Crippen LogP contribution is 2.31. The molecule has 0 aromatic heterocycles. The fourth-order valence-corrected chi connectivity index (χ4v) is 14.5. The molecule has 14 nitrogen and oxygen atoms in total. The third-order valence-corrected chi connectivity index (χ3v) is 21.2. The molecule has 0 aromatic carbocycles. The molecule has 14 heteroatoms. The number of aliphatic hydroxyl groups excluding tert-OH is 8. The average molecular weight is 1380 g/mol. The zero-order valence-electron chi connectivity index (χ0n) is 63.4. The zero-order valence-corrected chi connectivity index (χ0v) is 63.4. The predicted octanol–water partition coefficient (Wildman–Crippen LogP) is 19.6. The Kier molecular flexibility index (Phi) is 64.2. The largest absolute Gasteiger partial charge is 0.394 e. The molecule has 12 unspecified atom stereocenters. The van der Waals surface area contributed by atoms with Crippen molar-refractivity contribution < 1.29 is 64.6 Å². The Morgan fingerprint density at radius 2 is 0.639 bits per heavy atom. The van der Waals surface area contributed by atoms with Crippen molar-refractivity contribution in [2.24, 2.45) is 0 Å². The van der Waals surface area contributed by atoms with E-state index in [1.807, 2.05) is 6.08 Å². The van der Waals surface area contributed by atoms with Gasteiger partial charge in [-0.05, 0) is 19.3 Å². The van der Waals surface area contributed by atoms with Crippen LogP contribution in [0.3, 0.4) is 0 Å². The Morgan fingerprint density at radius 3 is 0.948 bits per heavy atom. The van der Waals surface area contributed by atoms with Crippen molar-refractivity contribution in [1.29, 1.82) is 0 Å². The van der Waals surface area contributed by atoms with Crippen LogP contribution in [0.2, 0.25) is 0 Å². The van der Waals surface area contributed by atoms with E-state index in [2.05, 4.69) is 19.2 Å². The van der Waals surface area contributed by atoms with E-state index >= 15 is 0 Å². The van der Waals surface area contributed by atoms with Gasteiger partial charge in [-0.2, -0.15) is 0 Å². The molecule has 2 rings (SSSR count). The van der Waals surface area contributed by atoms with Crippen LogP contribution in [0.1, 0.15) is 418 Å². The van der Waals surface area contributed by atoms with Crippen molar-refractivity contribution in [3.05, 3.63) is 12.2 Å². The van der Waals surface area contributed by atoms with E-state index in [1.165, 1.54) is 353 Å². The summed E-state index contributed by atoms with van der Waals surface area (Å²) in [5, 5.41) is 87.8. The topological polar surface area (TPSA) is 228 Å². The Hall–Kier alpha value is -1.27. The number of nitrogens with one attached hydrogen (secondary N) is 1. The fraction of sp³-hybridized carbons (Fsp3) is 0.964. The Bertz CT molecular complexity index is 1680. The molecule has 0 aromatic rings. The predicted molar refractivity (Wildman–Crippen MR) is 402 cm³/mol. The van der Waals surface area contributed by atoms with Crippen LogP contribution in [-0.2, 0) is 23.7 Å². The number of allylic oxidation sites excluding steroid dienone is 1. The molecule has 0 bridgehead atoms. The van der Waals surface area contributed by atoms with Crippen LogP contribution in [0.25, 0.3) is 0 Å². The van der Waals surface area contributed by atoms with E-state index < -0.39 is 86.8 Å². The molecule has 2 aliphatic heterocycles. The Labute approximate surface area is 596 Å². The van der Waals surface area contributed by atoms with Gasteiger partial charge in [0.1, 0.15) is 48.8 Å². The lowest BCUT2D eigenvalue weighted by molar-refractivity contribution is -0.359. The van der Waals surface area contributed by atoms with Crippen LogP contribution >= 0.6 is 0 Å². The van der Waals surface area contributed by atoms with Crippen molar-refractivity contribution in [1.82, 2.24) is 5.32 Å². The summed E-state index contributed by atoms with van der Waals surface area (Å²) in [6, 6.07) is -0.913. The molecular weight excluding hydrogens is 1220 g/mol. The summed E-state index contributed by atoms with van der Waals surface area (Å²) >= 11 is 0. The van der Waals surface area contributed by atoms with E-state index in [1.54, 1.807) is 6.08 Å². The lowest BCUT2D eigenvalue weighted by Crippen LogP contribution is -2.65. The highest BCUT2D eigenvalue weighted by Gasteiger charge is 2.51. The minimum atomic E-state index is -1.79. The quantitative estimate of drug-likeness (QED) is 0.0204. The number of hydrogen-bond acceptors (Lipinski definition) is 13. The number of carbonyl (C=O) groups excluding carboxylic acids is 1. The summed E-state index contributed by atoms with van der Waals surface area (Å²) in [5.41, 5.74) is 0. The van der Waals surface area contributed by atoms with Gasteiger partial charge >= 0.3 is 0 Å². The van der Waals surface area contributed by atoms with Crippen LogP contribution in [0, 0.1) is 0 Å². The molecule has 0 aliphatic carbocycles. The lowest BCUT2D eigenvalue weighted by Gasteiger charge is -2.46. The molecule has 97 heavy (non-hydrogen) atoms. The van der Waals surface area contributed by atoms with Gasteiger partial charge in [-0.3, -0.25) is 4.79 Å². The van der Waals surface area contributed by atoms with Gasteiger partial charge in [0.25, 0.3) is 0 Å². The summed E-state index contributed by atoms with van der Waals surface area (Å²) in [5.74, 6) is -0.228. The smallest absolute Gasteiger partial charge is 0.220 e. The second-order valence-corrected chi connectivity index (χ2v) is 30.3. The molecule has 576 valence electrons. The van der Waals surface area contributed by atoms with Crippen LogP contribution in [0.15, 0.2) is 12.2 Å². The number of carbonyl (C=O) groups is 1. The van der Waals surface area contributed by atoms with Gasteiger partial charge in [0, 0.05) is 6.42 Å². The van der Waals surface area contributed by atoms with Crippen molar-refractivity contribution >= 4 is 5.91 Å². The number of aliphatic hydroxyl groups is 8. The first kappa shape index (κ1) is 91.8. The third kappa shape index (κ3) is 50.7. The van der Waals surface area contributed by atoms with E-state index in [9.17, 15) is 45.6 Å². The van der Waals surface area contributed by atoms with Crippen molar-refractivity contribution in [3.8, 4) is 0 Å². The van der Waals surface area contributed by atoms with Crippen LogP contribution < -0.4 is 5.32 Å². The van der Waals surface area contributed by atoms with Gasteiger partial charge in [0.15, 0.2) is 12.6 Å². The molecular formula is C83H161NO13. The van der Waals surface area contributed by atoms with Crippen molar-refractivity contribution in [2.45, 2.75) is 492 Å². The fourth-order valence-electron chi connectivity index (χ4n) is 14.5. The minimum absolute atomic E-state index is 0.228. The molecule has 12 atom stereocenters. The summed E-state index contributed by atoms with van der Waals surface area (Å²) < 4.78 is 23.0. The summed E-state index contributed by atoms with van der Waals surface area (Å²) in [6.45, 7) is 2.89. The first-order valence-electron chi connectivity index (χ1n) is 42.4. The lowest BCUT2D eigenvalue weighted by atomic mass is 9.97. The van der Waals surface area contributed by atoms with Crippen molar-refractivity contribution in [3.63, 3.8) is 0 Å². The highest BCUT2D eigenvalue weighted by molar-refractivity contribution is 5.76. The SMILES string of the molecule is CCCCCCCCCCCCCCCCCCCCCCCCCCCCCCCCC/C=C/C(O)C(COC1OC(CO)C(OC2OC(CO)C(O)C(O)C2O)C(O)C1O)NC(=O)CCCCCCCCCCCCCCCCCCCCCCCCCCCCCCCC. The maximum absolute atomic E-state index is 13.4. The molecule has 1 amide bonds. The molecule has 2 heterocycles. The molecule has 2 saturated heterocycles. The first-order chi connectivity index (χ1) is 47.6. The van der Waals surface area contributed by atoms with E-state index in [0.29, 0.717) is 0 Å². The molecule has 2 aliphatic rings. The first-order valence-corrected chi connectivity index (χ1v) is 42.4. The molecule has 0 spiro atoms. The Balaban J connectivity index is 1.59. The average Bonchev–Trinajstić information content (AvgIpc) is 0.794. The van der Waals surface area contributed by atoms with Gasteiger partial charge in [-0.15, -0.1) is 0 Å². The van der Waals surface area contributed by atoms with E-state index in [0.717, 1.165) is 44.9 Å². The standard InChI is InChI=1S/C83H161NO13/c1-3-5-7-9-11-13-15-17-19-21-23-25-27-29-31-33-35-36-37-38-40-42-44-46-48-50-52-54-56-58-60-62-64-66-72(87)71(70-94-82-80(93)78(91)81(74(69-86)96-82)97-83-79(92)77(90)76(89)73(68-85)95-83)84-75(88)67-65-63-61-59-57-55-53-51-49-47-45-43-41-39-34-32-30-28-26-24-22-20-18-16-14-12-10-8-6-4-2/h64,66,71-74,76-83,85-87,89-93H,3-63,65,67-70H2,1-2H3,(H,84,88)/b66-64+. The van der Waals surface area contributed by atoms with Gasteiger partial charge < -0.3 is 65.1 Å². The maximum atomic E-state index is 13.4. The maximum Gasteiger partial charge on any atom is 0.220 e. The summed E-state index contributed by atoms with van der Waals surface area (Å²) in [6.07, 6.45) is 70.3. The molecule has 2 fully saturated rings. The normalized spacial score (nSPS) is 22.1. The number of unbranched alkanes of at least 4 members (excludes halogenated alkanes) is 60. The van der Waals surface area contributed by atoms with Crippen LogP contribution in [-0.4, -0.2) is 140 Å². The molecule has 0 saturated carbocycles. The zero-order chi connectivity index (χ0) is 70.1. The summed E-state index contributed by atoms with van der Waals surface area (Å²) in [7, 11) is 0. The van der Waals surface area contributed by atoms with Crippen LogP contribution in [0.4, 0.5) is 0 Å². The van der Waals surface area contributed by atoms with Crippen LogP contribution in [0.5, 0.6) is 0 Å². The van der Waals surface area contributed by atoms with E-state index in [4.69, 9.17) is 18.9 Å². The van der Waals surface area contributed by atoms with Gasteiger partial charge in [-0.25, -0.2) is 0 Å². The van der Waals surface area contributed by atoms with Gasteiger partial charge in [0.05, 0.1) is 32.0 Å². The third-order valence-electron chi connectivity index (χ3n) is 21.2. The van der Waals surface area contributed by atoms with Crippen molar-refractivity contribution in [2.75, 3.05) is 19.8 Å². The van der Waals surface area contributed by atoms with Gasteiger partial charge in [-0.1, -0.05) is 405 Å². The molecule has 9 N–H and O–H groups in total. The highest BCUT2D eigenvalue weighted by atomic mass is 16.7. The second kappa shape index (κ2) is 67.9. The number of amides is 1. The second-order valence-electron chi connectivity index (χ2n) is 30.3. The minimum Gasteiger partial charge on any atom is -0.394 e. The van der Waals surface area contributed by atoms with E-state index in [-0.39, 0.29) is 18.9 Å². The van der Waals surface area contributed by atoms with Gasteiger partial charge in [0.2, 0.25) is 5.91 Å². The number of rotatable bonds is 73. The number of ether oxygens (including phenoxy) is 4.